The van der Waals surface area contributed by atoms with Gasteiger partial charge in [-0.05, 0) is 61.2 Å². The Kier molecular flexibility index (Phi) is 5.92. The highest BCUT2D eigenvalue weighted by Gasteiger charge is 2.39. The van der Waals surface area contributed by atoms with E-state index in [9.17, 15) is 18.0 Å². The summed E-state index contributed by atoms with van der Waals surface area (Å²) in [6.07, 6.45) is 2.14. The number of amides is 2. The lowest BCUT2D eigenvalue weighted by Crippen LogP contribution is -2.31. The average molecular weight is 512 g/mol. The van der Waals surface area contributed by atoms with Crippen molar-refractivity contribution in [3.05, 3.63) is 51.5 Å². The van der Waals surface area contributed by atoms with Crippen LogP contribution < -0.4 is 10.2 Å². The summed E-state index contributed by atoms with van der Waals surface area (Å²) < 4.78 is 26.9. The third-order valence-electron chi connectivity index (χ3n) is 5.25. The zero-order valence-electron chi connectivity index (χ0n) is 16.0. The van der Waals surface area contributed by atoms with Crippen molar-refractivity contribution in [2.45, 2.75) is 30.6 Å². The lowest BCUT2D eigenvalue weighted by molar-refractivity contribution is -0.119. The van der Waals surface area contributed by atoms with Crippen LogP contribution in [0.5, 0.6) is 0 Å². The standard InChI is InChI=1S/C21H20BrClN2O4S/c22-15-11-14-7-9-25(21(27)13-1-2-13)20(14)18(12-15)30(28,29)10-8-19(26)24-17-5-3-16(23)4-6-17/h3-6,11-13H,1-2,7-10H2,(H,24,26). The van der Waals surface area contributed by atoms with Crippen molar-refractivity contribution in [1.29, 1.82) is 0 Å². The second-order valence-electron chi connectivity index (χ2n) is 7.55. The van der Waals surface area contributed by atoms with Crippen LogP contribution in [-0.2, 0) is 25.8 Å². The number of carbonyl (C=O) groups excluding carboxylic acids is 2. The number of anilines is 2. The van der Waals surface area contributed by atoms with Crippen molar-refractivity contribution in [2.75, 3.05) is 22.5 Å². The summed E-state index contributed by atoms with van der Waals surface area (Å²) in [6, 6.07) is 9.98. The third kappa shape index (κ3) is 4.55. The zero-order chi connectivity index (χ0) is 21.5. The maximum absolute atomic E-state index is 13.1. The Balaban J connectivity index is 1.53. The molecule has 0 bridgehead atoms. The number of hydrogen-bond acceptors (Lipinski definition) is 4. The van der Waals surface area contributed by atoms with E-state index < -0.39 is 15.7 Å². The minimum Gasteiger partial charge on any atom is -0.326 e. The van der Waals surface area contributed by atoms with E-state index in [1.807, 2.05) is 6.07 Å². The molecule has 1 saturated carbocycles. The molecule has 6 nitrogen and oxygen atoms in total. The molecule has 0 aromatic heterocycles. The molecule has 0 atom stereocenters. The van der Waals surface area contributed by atoms with Crippen LogP contribution in [0, 0.1) is 5.92 Å². The minimum atomic E-state index is -3.78. The van der Waals surface area contributed by atoms with Crippen molar-refractivity contribution in [1.82, 2.24) is 0 Å². The van der Waals surface area contributed by atoms with Gasteiger partial charge in [0.1, 0.15) is 0 Å². The number of rotatable bonds is 6. The topological polar surface area (TPSA) is 83.6 Å². The second kappa shape index (κ2) is 8.32. The first kappa shape index (κ1) is 21.3. The highest BCUT2D eigenvalue weighted by molar-refractivity contribution is 9.10. The van der Waals surface area contributed by atoms with E-state index in [1.165, 1.54) is 6.07 Å². The Morgan fingerprint density at radius 2 is 1.87 bits per heavy atom. The molecule has 0 saturated heterocycles. The summed E-state index contributed by atoms with van der Waals surface area (Å²) in [5.74, 6) is -0.757. The van der Waals surface area contributed by atoms with Crippen molar-refractivity contribution < 1.29 is 18.0 Å². The number of hydrogen-bond donors (Lipinski definition) is 1. The van der Waals surface area contributed by atoms with Crippen LogP contribution in [0.2, 0.25) is 5.02 Å². The summed E-state index contributed by atoms with van der Waals surface area (Å²) in [5.41, 5.74) is 1.86. The van der Waals surface area contributed by atoms with E-state index in [0.29, 0.717) is 33.8 Å². The van der Waals surface area contributed by atoms with Crippen molar-refractivity contribution in [3.8, 4) is 0 Å². The van der Waals surface area contributed by atoms with Crippen LogP contribution in [0.4, 0.5) is 11.4 Å². The van der Waals surface area contributed by atoms with E-state index in [1.54, 1.807) is 29.2 Å². The summed E-state index contributed by atoms with van der Waals surface area (Å²) in [7, 11) is -3.78. The number of nitrogens with zero attached hydrogens (tertiary/aromatic N) is 1. The van der Waals surface area contributed by atoms with Gasteiger partial charge in [-0.1, -0.05) is 27.5 Å². The number of nitrogens with one attached hydrogen (secondary N) is 1. The zero-order valence-corrected chi connectivity index (χ0v) is 19.2. The monoisotopic (exact) mass is 510 g/mol. The van der Waals surface area contributed by atoms with Gasteiger partial charge in [0.25, 0.3) is 0 Å². The van der Waals surface area contributed by atoms with Gasteiger partial charge in [-0.3, -0.25) is 9.59 Å². The van der Waals surface area contributed by atoms with Crippen LogP contribution >= 0.6 is 27.5 Å². The molecule has 158 valence electrons. The largest absolute Gasteiger partial charge is 0.326 e. The summed E-state index contributed by atoms with van der Waals surface area (Å²) in [5, 5.41) is 3.22. The molecule has 2 aliphatic rings. The fourth-order valence-corrected chi connectivity index (χ4v) is 5.87. The lowest BCUT2D eigenvalue weighted by atomic mass is 10.2. The number of halogens is 2. The fourth-order valence-electron chi connectivity index (χ4n) is 3.57. The fraction of sp³-hybridized carbons (Fsp3) is 0.333. The molecule has 9 heteroatoms. The van der Waals surface area contributed by atoms with E-state index in [4.69, 9.17) is 11.6 Å². The van der Waals surface area contributed by atoms with Gasteiger partial charge in [0.05, 0.1) is 16.3 Å². The number of sulfone groups is 1. The maximum atomic E-state index is 13.1. The van der Waals surface area contributed by atoms with Crippen molar-refractivity contribution in [3.63, 3.8) is 0 Å². The molecule has 0 spiro atoms. The molecule has 0 unspecified atom stereocenters. The molecule has 1 N–H and O–H groups in total. The first-order valence-electron chi connectivity index (χ1n) is 9.66. The quantitative estimate of drug-likeness (QED) is 0.630. The normalized spacial score (nSPS) is 15.7. The highest BCUT2D eigenvalue weighted by Crippen LogP contribution is 2.41. The molecule has 1 aliphatic heterocycles. The molecular weight excluding hydrogens is 492 g/mol. The van der Waals surface area contributed by atoms with Gasteiger partial charge in [-0.2, -0.15) is 0 Å². The van der Waals surface area contributed by atoms with Crippen LogP contribution in [0.25, 0.3) is 0 Å². The molecule has 2 amide bonds. The predicted molar refractivity (Wildman–Crippen MR) is 120 cm³/mol. The molecule has 2 aromatic carbocycles. The van der Waals surface area contributed by atoms with Gasteiger partial charge >= 0.3 is 0 Å². The Labute approximate surface area is 188 Å². The van der Waals surface area contributed by atoms with Crippen molar-refractivity contribution in [2.24, 2.45) is 5.92 Å². The molecule has 0 radical (unpaired) electrons. The molecule has 1 aliphatic carbocycles. The third-order valence-corrected chi connectivity index (χ3v) is 7.68. The van der Waals surface area contributed by atoms with Crippen LogP contribution in [0.15, 0.2) is 45.8 Å². The molecule has 4 rings (SSSR count). The van der Waals surface area contributed by atoms with Crippen LogP contribution in [0.3, 0.4) is 0 Å². The van der Waals surface area contributed by atoms with Crippen LogP contribution in [-0.4, -0.2) is 32.5 Å². The number of carbonyl (C=O) groups is 2. The minimum absolute atomic E-state index is 0.000282. The SMILES string of the molecule is O=C(CCS(=O)(=O)c1cc(Br)cc2c1N(C(=O)C1CC1)CC2)Nc1ccc(Cl)cc1. The number of fused-ring (bicyclic) bond motifs is 1. The first-order valence-corrected chi connectivity index (χ1v) is 12.5. The van der Waals surface area contributed by atoms with Gasteiger partial charge < -0.3 is 10.2 Å². The molecule has 30 heavy (non-hydrogen) atoms. The van der Waals surface area contributed by atoms with Crippen LogP contribution in [0.1, 0.15) is 24.8 Å². The molecular formula is C21H20BrClN2O4S. The predicted octanol–water partition coefficient (Wildman–Crippen LogP) is 4.20. The van der Waals surface area contributed by atoms with Gasteiger partial charge in [0, 0.05) is 34.1 Å². The Morgan fingerprint density at radius 1 is 1.17 bits per heavy atom. The van der Waals surface area contributed by atoms with Gasteiger partial charge in [-0.15, -0.1) is 0 Å². The average Bonchev–Trinajstić information content (AvgIpc) is 3.47. The molecule has 1 fully saturated rings. The Hall–Kier alpha value is -1.90. The van der Waals surface area contributed by atoms with E-state index in [2.05, 4.69) is 21.2 Å². The first-order chi connectivity index (χ1) is 14.2. The van der Waals surface area contributed by atoms with Gasteiger partial charge in [-0.25, -0.2) is 8.42 Å². The Morgan fingerprint density at radius 3 is 2.53 bits per heavy atom. The summed E-state index contributed by atoms with van der Waals surface area (Å²) in [4.78, 5) is 26.7. The number of benzene rings is 2. The summed E-state index contributed by atoms with van der Waals surface area (Å²) >= 11 is 9.21. The van der Waals surface area contributed by atoms with Gasteiger partial charge in [0.2, 0.25) is 11.8 Å². The van der Waals surface area contributed by atoms with E-state index in [-0.39, 0.29) is 28.9 Å². The van der Waals surface area contributed by atoms with Crippen molar-refractivity contribution >= 4 is 60.6 Å². The smallest absolute Gasteiger partial charge is 0.230 e. The lowest BCUT2D eigenvalue weighted by Gasteiger charge is -2.20. The van der Waals surface area contributed by atoms with E-state index >= 15 is 0 Å². The summed E-state index contributed by atoms with van der Waals surface area (Å²) in [6.45, 7) is 0.487. The van der Waals surface area contributed by atoms with Gasteiger partial charge in [0.15, 0.2) is 9.84 Å². The second-order valence-corrected chi connectivity index (χ2v) is 11.0. The van der Waals surface area contributed by atoms with E-state index in [0.717, 1.165) is 18.4 Å². The molecule has 2 aromatic rings. The molecule has 1 heterocycles. The maximum Gasteiger partial charge on any atom is 0.230 e. The highest BCUT2D eigenvalue weighted by atomic mass is 79.9. The Bertz CT molecular complexity index is 1110.